The second kappa shape index (κ2) is 4.62. The predicted octanol–water partition coefficient (Wildman–Crippen LogP) is 4.67. The Morgan fingerprint density at radius 1 is 1.19 bits per heavy atom. The molecule has 0 nitrogen and oxygen atoms in total. The molecule has 0 aliphatic heterocycles. The summed E-state index contributed by atoms with van der Waals surface area (Å²) in [6.45, 7) is 3.01. The second-order valence-corrected chi connectivity index (χ2v) is 4.28. The Hall–Kier alpha value is -0.770. The van der Waals surface area contributed by atoms with E-state index in [1.54, 1.807) is 0 Å². The summed E-state index contributed by atoms with van der Waals surface area (Å²) >= 11 is 5.64. The van der Waals surface area contributed by atoms with Crippen LogP contribution in [0.2, 0.25) is 0 Å². The predicted molar refractivity (Wildman–Crippen MR) is 55.1 cm³/mol. The van der Waals surface area contributed by atoms with Crippen LogP contribution in [0.4, 0.5) is 17.6 Å². The zero-order chi connectivity index (χ0) is 12.5. The molecule has 0 saturated heterocycles. The van der Waals surface area contributed by atoms with E-state index in [1.807, 2.05) is 0 Å². The molecular formula is C11H11ClF4. The molecule has 0 radical (unpaired) electrons. The maximum absolute atomic E-state index is 13.2. The van der Waals surface area contributed by atoms with Crippen molar-refractivity contribution in [2.45, 2.75) is 31.8 Å². The van der Waals surface area contributed by atoms with Crippen molar-refractivity contribution >= 4 is 11.6 Å². The van der Waals surface area contributed by atoms with Crippen LogP contribution >= 0.6 is 11.6 Å². The molecule has 0 fully saturated rings. The Kier molecular flexibility index (Phi) is 3.84. The van der Waals surface area contributed by atoms with E-state index < -0.39 is 23.8 Å². The van der Waals surface area contributed by atoms with E-state index in [-0.39, 0.29) is 0 Å². The van der Waals surface area contributed by atoms with Gasteiger partial charge in [0.2, 0.25) is 0 Å². The van der Waals surface area contributed by atoms with Crippen molar-refractivity contribution in [3.05, 3.63) is 34.6 Å². The van der Waals surface area contributed by atoms with Gasteiger partial charge in [0.15, 0.2) is 0 Å². The maximum atomic E-state index is 13.2. The summed E-state index contributed by atoms with van der Waals surface area (Å²) in [4.78, 5) is 0. The van der Waals surface area contributed by atoms with Crippen LogP contribution < -0.4 is 0 Å². The van der Waals surface area contributed by atoms with Gasteiger partial charge in [-0.3, -0.25) is 0 Å². The van der Waals surface area contributed by atoms with Gasteiger partial charge in [0.1, 0.15) is 5.82 Å². The standard InChI is InChI=1S/C11H11ClF4/c1-6-3-8(4-7(2)10(6)13)9(12)5-11(14,15)16/h3-4,9H,5H2,1-2H3. The lowest BCUT2D eigenvalue weighted by Crippen LogP contribution is -2.11. The summed E-state index contributed by atoms with van der Waals surface area (Å²) in [6.07, 6.45) is -5.43. The van der Waals surface area contributed by atoms with Gasteiger partial charge in [-0.15, -0.1) is 11.6 Å². The summed E-state index contributed by atoms with van der Waals surface area (Å²) < 4.78 is 49.6. The molecule has 90 valence electrons. The van der Waals surface area contributed by atoms with Crippen LogP contribution in [-0.2, 0) is 0 Å². The third kappa shape index (κ3) is 3.37. The van der Waals surface area contributed by atoms with Crippen molar-refractivity contribution in [1.82, 2.24) is 0 Å². The van der Waals surface area contributed by atoms with Gasteiger partial charge in [0.05, 0.1) is 11.8 Å². The number of alkyl halides is 4. The molecular weight excluding hydrogens is 244 g/mol. The van der Waals surface area contributed by atoms with Crippen LogP contribution in [0.25, 0.3) is 0 Å². The minimum absolute atomic E-state index is 0.301. The van der Waals surface area contributed by atoms with Crippen LogP contribution in [0.5, 0.6) is 0 Å². The van der Waals surface area contributed by atoms with Gasteiger partial charge in [-0.2, -0.15) is 13.2 Å². The van der Waals surface area contributed by atoms with Gasteiger partial charge in [-0.1, -0.05) is 12.1 Å². The zero-order valence-corrected chi connectivity index (χ0v) is 9.58. The van der Waals surface area contributed by atoms with Gasteiger partial charge in [0.25, 0.3) is 0 Å². The minimum atomic E-state index is -4.32. The van der Waals surface area contributed by atoms with Gasteiger partial charge < -0.3 is 0 Å². The normalized spacial score (nSPS) is 13.9. The van der Waals surface area contributed by atoms with Gasteiger partial charge >= 0.3 is 6.18 Å². The van der Waals surface area contributed by atoms with Crippen LogP contribution in [0, 0.1) is 19.7 Å². The van der Waals surface area contributed by atoms with Gasteiger partial charge in [-0.25, -0.2) is 4.39 Å². The highest BCUT2D eigenvalue weighted by atomic mass is 35.5. The maximum Gasteiger partial charge on any atom is 0.390 e. The van der Waals surface area contributed by atoms with E-state index in [4.69, 9.17) is 11.6 Å². The summed E-state index contributed by atoms with van der Waals surface area (Å²) in [5.74, 6) is -0.403. The molecule has 1 unspecified atom stereocenters. The number of halogens is 5. The Bertz CT molecular complexity index is 361. The molecule has 1 aromatic rings. The van der Waals surface area contributed by atoms with E-state index in [0.29, 0.717) is 16.7 Å². The molecule has 5 heteroatoms. The van der Waals surface area contributed by atoms with Crippen molar-refractivity contribution in [1.29, 1.82) is 0 Å². The molecule has 1 aromatic carbocycles. The molecule has 16 heavy (non-hydrogen) atoms. The Balaban J connectivity index is 2.97. The number of benzene rings is 1. The summed E-state index contributed by atoms with van der Waals surface area (Å²) in [5, 5.41) is -1.17. The molecule has 0 aliphatic carbocycles. The topological polar surface area (TPSA) is 0 Å². The SMILES string of the molecule is Cc1cc(C(Cl)CC(F)(F)F)cc(C)c1F. The fourth-order valence-corrected chi connectivity index (χ4v) is 1.78. The molecule has 1 atom stereocenters. The molecule has 0 bridgehead atoms. The first-order valence-electron chi connectivity index (χ1n) is 4.68. The molecule has 0 spiro atoms. The van der Waals surface area contributed by atoms with Crippen LogP contribution in [0.3, 0.4) is 0 Å². The molecule has 0 aliphatic rings. The molecule has 0 amide bonds. The monoisotopic (exact) mass is 254 g/mol. The van der Waals surface area contributed by atoms with Crippen molar-refractivity contribution in [3.63, 3.8) is 0 Å². The first-order valence-corrected chi connectivity index (χ1v) is 5.12. The van der Waals surface area contributed by atoms with E-state index >= 15 is 0 Å². The summed E-state index contributed by atoms with van der Waals surface area (Å²) in [5.41, 5.74) is 0.918. The molecule has 1 rings (SSSR count). The minimum Gasteiger partial charge on any atom is -0.206 e. The summed E-state index contributed by atoms with van der Waals surface area (Å²) in [6, 6.07) is 2.71. The lowest BCUT2D eigenvalue weighted by molar-refractivity contribution is -0.134. The van der Waals surface area contributed by atoms with Crippen molar-refractivity contribution in [2.75, 3.05) is 0 Å². The average molecular weight is 255 g/mol. The average Bonchev–Trinajstić information content (AvgIpc) is 2.10. The summed E-state index contributed by atoms with van der Waals surface area (Å²) in [7, 11) is 0. The van der Waals surface area contributed by atoms with E-state index in [9.17, 15) is 17.6 Å². The first kappa shape index (κ1) is 13.3. The highest BCUT2D eigenvalue weighted by Gasteiger charge is 2.31. The largest absolute Gasteiger partial charge is 0.390 e. The Morgan fingerprint density at radius 3 is 2.00 bits per heavy atom. The Labute approximate surface area is 96.2 Å². The number of rotatable bonds is 2. The smallest absolute Gasteiger partial charge is 0.206 e. The fourth-order valence-electron chi connectivity index (χ4n) is 1.48. The van der Waals surface area contributed by atoms with E-state index in [1.165, 1.54) is 26.0 Å². The molecule has 0 N–H and O–H groups in total. The van der Waals surface area contributed by atoms with Crippen molar-refractivity contribution in [2.24, 2.45) is 0 Å². The van der Waals surface area contributed by atoms with Gasteiger partial charge in [-0.05, 0) is 30.5 Å². The van der Waals surface area contributed by atoms with Crippen LogP contribution in [0.15, 0.2) is 12.1 Å². The van der Waals surface area contributed by atoms with Crippen LogP contribution in [-0.4, -0.2) is 6.18 Å². The third-order valence-corrected chi connectivity index (χ3v) is 2.64. The van der Waals surface area contributed by atoms with E-state index in [0.717, 1.165) is 0 Å². The fraction of sp³-hybridized carbons (Fsp3) is 0.455. The Morgan fingerprint density at radius 2 is 1.62 bits per heavy atom. The number of aryl methyl sites for hydroxylation is 2. The quantitative estimate of drug-likeness (QED) is 0.531. The molecule has 0 saturated carbocycles. The van der Waals surface area contributed by atoms with E-state index in [2.05, 4.69) is 0 Å². The first-order chi connectivity index (χ1) is 7.20. The second-order valence-electron chi connectivity index (χ2n) is 3.76. The lowest BCUT2D eigenvalue weighted by atomic mass is 10.0. The zero-order valence-electron chi connectivity index (χ0n) is 8.83. The van der Waals surface area contributed by atoms with Crippen molar-refractivity contribution < 1.29 is 17.6 Å². The molecule has 0 heterocycles. The highest BCUT2D eigenvalue weighted by Crippen LogP contribution is 2.35. The number of hydrogen-bond donors (Lipinski definition) is 0. The lowest BCUT2D eigenvalue weighted by Gasteiger charge is -2.14. The van der Waals surface area contributed by atoms with Gasteiger partial charge in [0, 0.05) is 0 Å². The third-order valence-electron chi connectivity index (χ3n) is 2.23. The van der Waals surface area contributed by atoms with Crippen LogP contribution in [0.1, 0.15) is 28.5 Å². The highest BCUT2D eigenvalue weighted by molar-refractivity contribution is 6.20. The molecule has 0 aromatic heterocycles. The number of hydrogen-bond acceptors (Lipinski definition) is 0. The van der Waals surface area contributed by atoms with Crippen molar-refractivity contribution in [3.8, 4) is 0 Å².